The lowest BCUT2D eigenvalue weighted by Crippen LogP contribution is -2.28. The molecule has 0 spiro atoms. The van der Waals surface area contributed by atoms with Crippen LogP contribution in [0.4, 0.5) is 5.69 Å². The van der Waals surface area contributed by atoms with Crippen LogP contribution in [0.2, 0.25) is 0 Å². The van der Waals surface area contributed by atoms with Gasteiger partial charge in [0.2, 0.25) is 5.91 Å². The number of hydrogen-bond acceptors (Lipinski definition) is 3. The van der Waals surface area contributed by atoms with Crippen LogP contribution in [0.1, 0.15) is 24.1 Å². The van der Waals surface area contributed by atoms with Gasteiger partial charge in [0.25, 0.3) is 0 Å². The fraction of sp³-hybridized carbons (Fsp3) is 0.235. The Kier molecular flexibility index (Phi) is 4.82. The topological polar surface area (TPSA) is 64.3 Å². The lowest BCUT2D eigenvalue weighted by molar-refractivity contribution is -0.121. The van der Waals surface area contributed by atoms with Crippen molar-refractivity contribution in [1.82, 2.24) is 5.32 Å². The predicted molar refractivity (Wildman–Crippen MR) is 84.1 cm³/mol. The molecule has 21 heavy (non-hydrogen) atoms. The van der Waals surface area contributed by atoms with Gasteiger partial charge in [0.1, 0.15) is 5.75 Å². The quantitative estimate of drug-likeness (QED) is 0.830. The highest BCUT2D eigenvalue weighted by Gasteiger charge is 2.11. The molecule has 2 aromatic rings. The van der Waals surface area contributed by atoms with Crippen molar-refractivity contribution in [2.45, 2.75) is 19.4 Å². The number of rotatable bonds is 5. The van der Waals surface area contributed by atoms with E-state index in [0.29, 0.717) is 12.1 Å². The summed E-state index contributed by atoms with van der Waals surface area (Å²) in [5, 5.41) is 2.98. The highest BCUT2D eigenvalue weighted by molar-refractivity contribution is 5.79. The van der Waals surface area contributed by atoms with Gasteiger partial charge in [0.05, 0.1) is 19.6 Å². The van der Waals surface area contributed by atoms with E-state index in [2.05, 4.69) is 5.32 Å². The van der Waals surface area contributed by atoms with E-state index < -0.39 is 0 Å². The van der Waals surface area contributed by atoms with Crippen molar-refractivity contribution in [2.24, 2.45) is 0 Å². The van der Waals surface area contributed by atoms with Gasteiger partial charge in [-0.25, -0.2) is 0 Å². The fourth-order valence-electron chi connectivity index (χ4n) is 2.18. The van der Waals surface area contributed by atoms with E-state index in [1.807, 2.05) is 49.4 Å². The third-order valence-corrected chi connectivity index (χ3v) is 3.29. The van der Waals surface area contributed by atoms with Crippen molar-refractivity contribution in [3.05, 3.63) is 59.7 Å². The van der Waals surface area contributed by atoms with Crippen LogP contribution in [0.5, 0.6) is 5.75 Å². The van der Waals surface area contributed by atoms with Crippen LogP contribution >= 0.6 is 0 Å². The summed E-state index contributed by atoms with van der Waals surface area (Å²) in [5.41, 5.74) is 8.30. The number of nitrogen functional groups attached to an aromatic ring is 1. The van der Waals surface area contributed by atoms with Crippen LogP contribution in [0.25, 0.3) is 0 Å². The number of hydrogen-bond donors (Lipinski definition) is 2. The molecular formula is C17H20N2O2. The summed E-state index contributed by atoms with van der Waals surface area (Å²) in [5.74, 6) is 0.750. The summed E-state index contributed by atoms with van der Waals surface area (Å²) in [4.78, 5) is 12.1. The Morgan fingerprint density at radius 3 is 2.71 bits per heavy atom. The number of amides is 1. The number of nitrogens with two attached hydrogens (primary N) is 1. The first kappa shape index (κ1) is 14.9. The van der Waals surface area contributed by atoms with Gasteiger partial charge in [-0.1, -0.05) is 24.3 Å². The van der Waals surface area contributed by atoms with Crippen molar-refractivity contribution in [1.29, 1.82) is 0 Å². The average molecular weight is 284 g/mol. The minimum atomic E-state index is -0.0753. The molecule has 0 radical (unpaired) electrons. The molecule has 0 bridgehead atoms. The van der Waals surface area contributed by atoms with E-state index >= 15 is 0 Å². The Labute approximate surface area is 124 Å². The third kappa shape index (κ3) is 4.24. The van der Waals surface area contributed by atoms with Gasteiger partial charge in [0, 0.05) is 5.69 Å². The lowest BCUT2D eigenvalue weighted by atomic mass is 10.1. The third-order valence-electron chi connectivity index (χ3n) is 3.29. The van der Waals surface area contributed by atoms with Crippen LogP contribution in [0.15, 0.2) is 48.5 Å². The lowest BCUT2D eigenvalue weighted by Gasteiger charge is -2.15. The van der Waals surface area contributed by atoms with E-state index in [0.717, 1.165) is 16.9 Å². The molecule has 0 heterocycles. The van der Waals surface area contributed by atoms with Gasteiger partial charge in [-0.2, -0.15) is 0 Å². The molecular weight excluding hydrogens is 264 g/mol. The van der Waals surface area contributed by atoms with Crippen LogP contribution in [0, 0.1) is 0 Å². The van der Waals surface area contributed by atoms with Crippen LogP contribution in [0.3, 0.4) is 0 Å². The zero-order valence-electron chi connectivity index (χ0n) is 12.3. The second-order valence-electron chi connectivity index (χ2n) is 4.99. The number of nitrogens with one attached hydrogen (secondary N) is 1. The van der Waals surface area contributed by atoms with Crippen molar-refractivity contribution in [3.8, 4) is 5.75 Å². The molecule has 0 aromatic heterocycles. The van der Waals surface area contributed by atoms with E-state index in [1.165, 1.54) is 0 Å². The number of ether oxygens (including phenoxy) is 1. The first-order valence-electron chi connectivity index (χ1n) is 6.86. The van der Waals surface area contributed by atoms with Gasteiger partial charge >= 0.3 is 0 Å². The van der Waals surface area contributed by atoms with Gasteiger partial charge in [-0.3, -0.25) is 4.79 Å². The van der Waals surface area contributed by atoms with Crippen LogP contribution in [-0.2, 0) is 11.2 Å². The Morgan fingerprint density at radius 2 is 2.00 bits per heavy atom. The highest BCUT2D eigenvalue weighted by Crippen LogP contribution is 2.19. The van der Waals surface area contributed by atoms with E-state index in [4.69, 9.17) is 10.5 Å². The molecule has 4 heteroatoms. The Bertz CT molecular complexity index is 626. The SMILES string of the molecule is COc1cccc([C@H](C)NC(=O)Cc2cccc(N)c2)c1. The molecule has 0 aliphatic heterocycles. The molecule has 3 N–H and O–H groups in total. The largest absolute Gasteiger partial charge is 0.497 e. The smallest absolute Gasteiger partial charge is 0.224 e. The van der Waals surface area contributed by atoms with Crippen molar-refractivity contribution in [3.63, 3.8) is 0 Å². The molecule has 1 atom stereocenters. The molecule has 0 unspecified atom stereocenters. The molecule has 0 aliphatic rings. The molecule has 0 fully saturated rings. The molecule has 1 amide bonds. The number of methoxy groups -OCH3 is 1. The van der Waals surface area contributed by atoms with Gasteiger partial charge in [0.15, 0.2) is 0 Å². The van der Waals surface area contributed by atoms with Gasteiger partial charge in [-0.05, 0) is 42.3 Å². The van der Waals surface area contributed by atoms with Crippen molar-refractivity contribution < 1.29 is 9.53 Å². The maximum Gasteiger partial charge on any atom is 0.224 e. The monoisotopic (exact) mass is 284 g/mol. The first-order chi connectivity index (χ1) is 10.1. The Hall–Kier alpha value is -2.49. The van der Waals surface area contributed by atoms with E-state index in [9.17, 15) is 4.79 Å². The first-order valence-corrected chi connectivity index (χ1v) is 6.86. The standard InChI is InChI=1S/C17H20N2O2/c1-12(14-6-4-8-16(11-14)21-2)19-17(20)10-13-5-3-7-15(18)9-13/h3-9,11-12H,10,18H2,1-2H3,(H,19,20)/t12-/m0/s1. The maximum atomic E-state index is 12.1. The minimum Gasteiger partial charge on any atom is -0.497 e. The maximum absolute atomic E-state index is 12.1. The van der Waals surface area contributed by atoms with E-state index in [1.54, 1.807) is 13.2 Å². The second kappa shape index (κ2) is 6.79. The molecule has 110 valence electrons. The number of anilines is 1. The summed E-state index contributed by atoms with van der Waals surface area (Å²) < 4.78 is 5.19. The van der Waals surface area contributed by atoms with Gasteiger partial charge < -0.3 is 15.8 Å². The Morgan fingerprint density at radius 1 is 1.24 bits per heavy atom. The summed E-state index contributed by atoms with van der Waals surface area (Å²) >= 11 is 0. The zero-order chi connectivity index (χ0) is 15.2. The average Bonchev–Trinajstić information content (AvgIpc) is 2.47. The summed E-state index contributed by atoms with van der Waals surface area (Å²) in [6.07, 6.45) is 0.319. The fourth-order valence-corrected chi connectivity index (χ4v) is 2.18. The van der Waals surface area contributed by atoms with E-state index in [-0.39, 0.29) is 11.9 Å². The number of carbonyl (C=O) groups is 1. The normalized spacial score (nSPS) is 11.7. The molecule has 2 rings (SSSR count). The Balaban J connectivity index is 1.98. The van der Waals surface area contributed by atoms with Crippen LogP contribution in [-0.4, -0.2) is 13.0 Å². The van der Waals surface area contributed by atoms with Gasteiger partial charge in [-0.15, -0.1) is 0 Å². The van der Waals surface area contributed by atoms with Crippen molar-refractivity contribution >= 4 is 11.6 Å². The predicted octanol–water partition coefficient (Wildman–Crippen LogP) is 2.70. The highest BCUT2D eigenvalue weighted by atomic mass is 16.5. The molecule has 0 saturated heterocycles. The van der Waals surface area contributed by atoms with Crippen LogP contribution < -0.4 is 15.8 Å². The second-order valence-corrected chi connectivity index (χ2v) is 4.99. The minimum absolute atomic E-state index is 0.0316. The molecule has 4 nitrogen and oxygen atoms in total. The summed E-state index contributed by atoms with van der Waals surface area (Å²) in [6.45, 7) is 1.95. The molecule has 0 aliphatic carbocycles. The number of benzene rings is 2. The molecule has 0 saturated carbocycles. The number of carbonyl (C=O) groups excluding carboxylic acids is 1. The molecule has 2 aromatic carbocycles. The van der Waals surface area contributed by atoms with Crippen molar-refractivity contribution in [2.75, 3.05) is 12.8 Å². The summed E-state index contributed by atoms with van der Waals surface area (Å²) in [6, 6.07) is 15.0. The zero-order valence-corrected chi connectivity index (χ0v) is 12.3. The summed E-state index contributed by atoms with van der Waals surface area (Å²) in [7, 11) is 1.63.